The summed E-state index contributed by atoms with van der Waals surface area (Å²) in [4.78, 5) is -0.875. The second-order valence-corrected chi connectivity index (χ2v) is 2.43. The third kappa shape index (κ3) is 4.31. The van der Waals surface area contributed by atoms with Gasteiger partial charge >= 0.3 is 0 Å². The van der Waals surface area contributed by atoms with Crippen LogP contribution < -0.4 is 0 Å². The molecule has 0 aromatic carbocycles. The number of hydrogen-bond acceptors (Lipinski definition) is 2. The largest absolute Gasteiger partial charge is 0.380 e. The lowest BCUT2D eigenvalue weighted by Gasteiger charge is -2.10. The van der Waals surface area contributed by atoms with Gasteiger partial charge in [-0.3, -0.25) is 0 Å². The van der Waals surface area contributed by atoms with Gasteiger partial charge in [-0.05, 0) is 20.3 Å². The lowest BCUT2D eigenvalue weighted by Crippen LogP contribution is -2.11. The Balaban J connectivity index is 3.17. The maximum absolute atomic E-state index is 8.63. The van der Waals surface area contributed by atoms with Gasteiger partial charge in [0.2, 0.25) is 0 Å². The normalized spacial score (nSPS) is 20.0. The van der Waals surface area contributed by atoms with Crippen molar-refractivity contribution >= 4 is 12.6 Å². The van der Waals surface area contributed by atoms with E-state index in [9.17, 15) is 0 Å². The first kappa shape index (κ1) is 6.31. The molecule has 0 bridgehead atoms. The van der Waals surface area contributed by atoms with Gasteiger partial charge in [0.1, 0.15) is 4.93 Å². The fourth-order valence-corrected chi connectivity index (χ4v) is 0. The minimum absolute atomic E-state index is 0.441. The van der Waals surface area contributed by atoms with E-state index in [1.54, 1.807) is 6.92 Å². The lowest BCUT2D eigenvalue weighted by molar-refractivity contribution is 0.163. The fourth-order valence-electron chi connectivity index (χ4n) is 0. The average molecular weight is 105 g/mol. The van der Waals surface area contributed by atoms with E-state index in [2.05, 4.69) is 19.6 Å². The minimum atomic E-state index is -0.875. The summed E-state index contributed by atoms with van der Waals surface area (Å²) in [5, 5.41) is 8.63. The van der Waals surface area contributed by atoms with Crippen molar-refractivity contribution in [2.24, 2.45) is 0 Å². The Kier molecular flexibility index (Phi) is 1.94. The van der Waals surface area contributed by atoms with E-state index in [4.69, 9.17) is 5.11 Å². The molecule has 0 amide bonds. The molecule has 0 aliphatic rings. The van der Waals surface area contributed by atoms with Crippen LogP contribution in [0.4, 0.5) is 0 Å². The van der Waals surface area contributed by atoms with E-state index in [1.807, 2.05) is 0 Å². The first-order valence-electron chi connectivity index (χ1n) is 1.80. The van der Waals surface area contributed by atoms with Gasteiger partial charge in [-0.25, -0.2) is 0 Å². The number of thiol groups is 1. The lowest BCUT2D eigenvalue weighted by atomic mass is 10.3. The highest BCUT2D eigenvalue weighted by Crippen LogP contribution is 2.10. The number of hydrogen-bond donors (Lipinski definition) is 2. The van der Waals surface area contributed by atoms with Crippen LogP contribution in [0.1, 0.15) is 13.3 Å². The first-order chi connectivity index (χ1) is 2.56. The smallest absolute Gasteiger partial charge is 0.104 e. The summed E-state index contributed by atoms with van der Waals surface area (Å²) < 4.78 is 0. The highest BCUT2D eigenvalue weighted by Gasteiger charge is 2.07. The second-order valence-electron chi connectivity index (χ2n) is 1.47. The summed E-state index contributed by atoms with van der Waals surface area (Å²) in [5.74, 6) is 0. The fraction of sp³-hybridized carbons (Fsp3) is 0.750. The summed E-state index contributed by atoms with van der Waals surface area (Å²) >= 11 is 3.75. The molecule has 1 unspecified atom stereocenters. The highest BCUT2D eigenvalue weighted by atomic mass is 32.1. The van der Waals surface area contributed by atoms with Crippen molar-refractivity contribution < 1.29 is 5.11 Å². The van der Waals surface area contributed by atoms with Crippen LogP contribution in [-0.2, 0) is 0 Å². The Morgan fingerprint density at radius 1 is 2.00 bits per heavy atom. The van der Waals surface area contributed by atoms with E-state index in [-0.39, 0.29) is 0 Å². The zero-order chi connectivity index (χ0) is 5.21. The van der Waals surface area contributed by atoms with E-state index in [0.29, 0.717) is 6.42 Å². The molecule has 0 aliphatic carbocycles. The average Bonchev–Trinajstić information content (AvgIpc) is 1.35. The molecule has 0 aliphatic heterocycles. The van der Waals surface area contributed by atoms with Gasteiger partial charge in [0, 0.05) is 0 Å². The quantitative estimate of drug-likeness (QED) is 0.374. The van der Waals surface area contributed by atoms with Crippen molar-refractivity contribution in [2.75, 3.05) is 0 Å². The van der Waals surface area contributed by atoms with Crippen molar-refractivity contribution in [3.05, 3.63) is 6.92 Å². The van der Waals surface area contributed by atoms with Crippen LogP contribution in [0.2, 0.25) is 0 Å². The molecule has 0 fully saturated rings. The van der Waals surface area contributed by atoms with Gasteiger partial charge in [-0.15, -0.1) is 12.6 Å². The molecule has 37 valence electrons. The summed E-state index contributed by atoms with van der Waals surface area (Å²) in [6, 6.07) is 0. The molecule has 0 spiro atoms. The summed E-state index contributed by atoms with van der Waals surface area (Å²) in [6.07, 6.45) is 0.441. The molecule has 2 heteroatoms. The molecule has 1 atom stereocenters. The molecule has 0 saturated carbocycles. The first-order valence-corrected chi connectivity index (χ1v) is 2.25. The van der Waals surface area contributed by atoms with Crippen LogP contribution >= 0.6 is 12.6 Å². The Morgan fingerprint density at radius 3 is 2.17 bits per heavy atom. The van der Waals surface area contributed by atoms with Crippen molar-refractivity contribution in [1.29, 1.82) is 0 Å². The van der Waals surface area contributed by atoms with Crippen molar-refractivity contribution in [3.63, 3.8) is 0 Å². The van der Waals surface area contributed by atoms with E-state index in [0.717, 1.165) is 0 Å². The van der Waals surface area contributed by atoms with Crippen LogP contribution in [0.5, 0.6) is 0 Å². The molecule has 0 aromatic heterocycles. The third-order valence-corrected chi connectivity index (χ3v) is 0.697. The van der Waals surface area contributed by atoms with Gasteiger partial charge < -0.3 is 5.11 Å². The van der Waals surface area contributed by atoms with Gasteiger partial charge in [0.25, 0.3) is 0 Å². The maximum atomic E-state index is 8.63. The Morgan fingerprint density at radius 2 is 2.17 bits per heavy atom. The van der Waals surface area contributed by atoms with E-state index < -0.39 is 4.93 Å². The molecule has 0 rings (SSSR count). The van der Waals surface area contributed by atoms with Gasteiger partial charge in [0.15, 0.2) is 0 Å². The third-order valence-electron chi connectivity index (χ3n) is 0.474. The van der Waals surface area contributed by atoms with Crippen LogP contribution in [0.15, 0.2) is 0 Å². The standard InChI is InChI=1S/C4H9OS/c1-3-4(2,5)6/h5-6H,1,3H2,2H3. The van der Waals surface area contributed by atoms with Crippen molar-refractivity contribution in [1.82, 2.24) is 0 Å². The van der Waals surface area contributed by atoms with Crippen LogP contribution in [-0.4, -0.2) is 10.0 Å². The molecule has 1 radical (unpaired) electrons. The SMILES string of the molecule is [CH2]CC(C)(O)S. The summed E-state index contributed by atoms with van der Waals surface area (Å²) in [7, 11) is 0. The second kappa shape index (κ2) is 1.85. The van der Waals surface area contributed by atoms with Gasteiger partial charge in [-0.2, -0.15) is 0 Å². The van der Waals surface area contributed by atoms with E-state index in [1.165, 1.54) is 0 Å². The van der Waals surface area contributed by atoms with Crippen molar-refractivity contribution in [2.45, 2.75) is 18.3 Å². The summed E-state index contributed by atoms with van der Waals surface area (Å²) in [5.41, 5.74) is 0. The zero-order valence-electron chi connectivity index (χ0n) is 3.81. The predicted octanol–water partition coefficient (Wildman–Crippen LogP) is 0.849. The zero-order valence-corrected chi connectivity index (χ0v) is 4.70. The molecule has 1 nitrogen and oxygen atoms in total. The Labute approximate surface area is 43.8 Å². The topological polar surface area (TPSA) is 20.2 Å². The van der Waals surface area contributed by atoms with Crippen molar-refractivity contribution in [3.8, 4) is 0 Å². The Bertz CT molecular complexity index is 37.3. The maximum Gasteiger partial charge on any atom is 0.104 e. The van der Waals surface area contributed by atoms with E-state index >= 15 is 0 Å². The highest BCUT2D eigenvalue weighted by molar-refractivity contribution is 7.81. The molecular weight excluding hydrogens is 96.1 g/mol. The molecule has 0 aromatic rings. The van der Waals surface area contributed by atoms with Gasteiger partial charge in [-0.1, -0.05) is 0 Å². The Hall–Kier alpha value is 0.310. The molecule has 0 heterocycles. The van der Waals surface area contributed by atoms with Crippen LogP contribution in [0, 0.1) is 6.92 Å². The molecule has 6 heavy (non-hydrogen) atoms. The molecule has 0 saturated heterocycles. The summed E-state index contributed by atoms with van der Waals surface area (Å²) in [6.45, 7) is 5.03. The predicted molar refractivity (Wildman–Crippen MR) is 29.6 cm³/mol. The number of aliphatic hydroxyl groups is 1. The minimum Gasteiger partial charge on any atom is -0.380 e. The van der Waals surface area contributed by atoms with Crippen LogP contribution in [0.25, 0.3) is 0 Å². The molecule has 1 N–H and O–H groups in total. The molecular formula is C4H9OS. The van der Waals surface area contributed by atoms with Crippen LogP contribution in [0.3, 0.4) is 0 Å². The number of rotatable bonds is 1. The monoisotopic (exact) mass is 105 g/mol. The van der Waals surface area contributed by atoms with Gasteiger partial charge in [0.05, 0.1) is 0 Å².